The van der Waals surface area contributed by atoms with Gasteiger partial charge in [0.05, 0.1) is 12.0 Å². The van der Waals surface area contributed by atoms with E-state index in [2.05, 4.69) is 34.3 Å². The first-order valence-electron chi connectivity index (χ1n) is 10.3. The number of imidazole rings is 1. The Morgan fingerprint density at radius 3 is 2.76 bits per heavy atom. The molecular weight excluding hydrogens is 360 g/mol. The summed E-state index contributed by atoms with van der Waals surface area (Å²) >= 11 is 0. The van der Waals surface area contributed by atoms with E-state index in [0.717, 1.165) is 23.7 Å². The normalized spacial score (nSPS) is 17.2. The number of rotatable bonds is 6. The summed E-state index contributed by atoms with van der Waals surface area (Å²) in [4.78, 5) is 19.2. The quantitative estimate of drug-likeness (QED) is 0.693. The van der Waals surface area contributed by atoms with Gasteiger partial charge < -0.3 is 9.88 Å². The lowest BCUT2D eigenvalue weighted by atomic mass is 9.99. The van der Waals surface area contributed by atoms with Gasteiger partial charge in [-0.2, -0.15) is 0 Å². The molecule has 0 radical (unpaired) electrons. The molecule has 1 aromatic heterocycles. The van der Waals surface area contributed by atoms with Crippen molar-refractivity contribution >= 4 is 5.91 Å². The third kappa shape index (κ3) is 4.93. The predicted octanol–water partition coefficient (Wildman–Crippen LogP) is 4.03. The van der Waals surface area contributed by atoms with Crippen LogP contribution in [0.4, 0.5) is 0 Å². The first-order chi connectivity index (χ1) is 14.2. The van der Waals surface area contributed by atoms with Crippen LogP contribution in [-0.2, 0) is 13.1 Å². The standard InChI is InChI=1S/C24H28N4O/c1-19-5-4-13-27(16-19)17-20-8-10-21(11-9-20)24(29)26-15-22-6-2-3-7-23(22)28-14-12-25-18-28/h2-3,6-12,14,18-19H,4-5,13,15-17H2,1H3,(H,26,29)/t19-/m0/s1. The number of hydrogen-bond acceptors (Lipinski definition) is 3. The van der Waals surface area contributed by atoms with Crippen LogP contribution in [0.25, 0.3) is 5.69 Å². The van der Waals surface area contributed by atoms with Gasteiger partial charge in [-0.25, -0.2) is 4.98 Å². The van der Waals surface area contributed by atoms with E-state index >= 15 is 0 Å². The van der Waals surface area contributed by atoms with Crippen molar-refractivity contribution in [3.63, 3.8) is 0 Å². The highest BCUT2D eigenvalue weighted by atomic mass is 16.1. The molecule has 1 aliphatic rings. The van der Waals surface area contributed by atoms with E-state index in [-0.39, 0.29) is 5.91 Å². The number of nitrogens with one attached hydrogen (secondary N) is 1. The maximum atomic E-state index is 12.6. The van der Waals surface area contributed by atoms with Crippen LogP contribution in [0.1, 0.15) is 41.3 Å². The van der Waals surface area contributed by atoms with Gasteiger partial charge in [-0.15, -0.1) is 0 Å². The Kier molecular flexibility index (Phi) is 6.06. The number of piperidine rings is 1. The van der Waals surface area contributed by atoms with Crippen LogP contribution in [0.15, 0.2) is 67.3 Å². The molecule has 1 fully saturated rings. The zero-order valence-electron chi connectivity index (χ0n) is 16.9. The second kappa shape index (κ2) is 9.05. The third-order valence-electron chi connectivity index (χ3n) is 5.58. The number of likely N-dealkylation sites (tertiary alicyclic amines) is 1. The van der Waals surface area contributed by atoms with E-state index in [0.29, 0.717) is 12.1 Å². The molecule has 2 aromatic carbocycles. The van der Waals surface area contributed by atoms with Crippen molar-refractivity contribution in [2.45, 2.75) is 32.9 Å². The Morgan fingerprint density at radius 1 is 1.17 bits per heavy atom. The number of aromatic nitrogens is 2. The molecule has 0 bridgehead atoms. The molecule has 29 heavy (non-hydrogen) atoms. The molecule has 1 aliphatic heterocycles. The minimum absolute atomic E-state index is 0.0522. The summed E-state index contributed by atoms with van der Waals surface area (Å²) in [6.07, 6.45) is 8.04. The van der Waals surface area contributed by atoms with Gasteiger partial charge in [0, 0.05) is 37.6 Å². The Labute approximate surface area is 172 Å². The van der Waals surface area contributed by atoms with E-state index in [4.69, 9.17) is 0 Å². The fraction of sp³-hybridized carbons (Fsp3) is 0.333. The molecule has 5 nitrogen and oxygen atoms in total. The highest BCUT2D eigenvalue weighted by Gasteiger charge is 2.16. The highest BCUT2D eigenvalue weighted by Crippen LogP contribution is 2.18. The molecule has 150 valence electrons. The summed E-state index contributed by atoms with van der Waals surface area (Å²) in [5.74, 6) is 0.725. The second-order valence-electron chi connectivity index (χ2n) is 7.96. The summed E-state index contributed by atoms with van der Waals surface area (Å²) in [7, 11) is 0. The maximum absolute atomic E-state index is 12.6. The SMILES string of the molecule is C[C@H]1CCCN(Cc2ccc(C(=O)NCc3ccccc3-n3ccnc3)cc2)C1. The van der Waals surface area contributed by atoms with Crippen LogP contribution >= 0.6 is 0 Å². The molecule has 1 atom stereocenters. The topological polar surface area (TPSA) is 50.2 Å². The molecular formula is C24H28N4O. The summed E-state index contributed by atoms with van der Waals surface area (Å²) in [5.41, 5.74) is 4.04. The van der Waals surface area contributed by atoms with Crippen LogP contribution in [0, 0.1) is 5.92 Å². The van der Waals surface area contributed by atoms with E-state index in [1.807, 2.05) is 47.2 Å². The molecule has 0 saturated carbocycles. The van der Waals surface area contributed by atoms with Gasteiger partial charge in [-0.05, 0) is 54.6 Å². The Bertz CT molecular complexity index is 934. The van der Waals surface area contributed by atoms with Crippen LogP contribution < -0.4 is 5.32 Å². The molecule has 1 saturated heterocycles. The van der Waals surface area contributed by atoms with E-state index in [9.17, 15) is 4.79 Å². The monoisotopic (exact) mass is 388 g/mol. The molecule has 1 N–H and O–H groups in total. The lowest BCUT2D eigenvalue weighted by Gasteiger charge is -2.30. The zero-order chi connectivity index (χ0) is 20.1. The number of amides is 1. The lowest BCUT2D eigenvalue weighted by molar-refractivity contribution is 0.0951. The fourth-order valence-electron chi connectivity index (χ4n) is 4.04. The number of para-hydroxylation sites is 1. The number of carbonyl (C=O) groups is 1. The summed E-state index contributed by atoms with van der Waals surface area (Å²) in [5, 5.41) is 3.04. The largest absolute Gasteiger partial charge is 0.348 e. The third-order valence-corrected chi connectivity index (χ3v) is 5.58. The smallest absolute Gasteiger partial charge is 0.251 e. The van der Waals surface area contributed by atoms with Crippen molar-refractivity contribution in [3.05, 3.63) is 83.9 Å². The Balaban J connectivity index is 1.36. The predicted molar refractivity (Wildman–Crippen MR) is 115 cm³/mol. The fourth-order valence-corrected chi connectivity index (χ4v) is 4.04. The van der Waals surface area contributed by atoms with Gasteiger partial charge in [0.15, 0.2) is 0 Å². The van der Waals surface area contributed by atoms with Gasteiger partial charge in [-0.1, -0.05) is 37.3 Å². The van der Waals surface area contributed by atoms with Crippen LogP contribution in [0.5, 0.6) is 0 Å². The molecule has 4 rings (SSSR count). The summed E-state index contributed by atoms with van der Waals surface area (Å²) < 4.78 is 1.96. The average molecular weight is 389 g/mol. The van der Waals surface area contributed by atoms with Crippen molar-refractivity contribution in [1.82, 2.24) is 19.8 Å². The van der Waals surface area contributed by atoms with Gasteiger partial charge in [0.25, 0.3) is 5.91 Å². The molecule has 0 aliphatic carbocycles. The minimum Gasteiger partial charge on any atom is -0.348 e. The highest BCUT2D eigenvalue weighted by molar-refractivity contribution is 5.94. The maximum Gasteiger partial charge on any atom is 0.251 e. The summed E-state index contributed by atoms with van der Waals surface area (Å²) in [6.45, 7) is 6.09. The van der Waals surface area contributed by atoms with Crippen molar-refractivity contribution in [2.75, 3.05) is 13.1 Å². The molecule has 0 spiro atoms. The molecule has 5 heteroatoms. The average Bonchev–Trinajstić information content (AvgIpc) is 3.27. The van der Waals surface area contributed by atoms with Crippen molar-refractivity contribution in [3.8, 4) is 5.69 Å². The van der Waals surface area contributed by atoms with Gasteiger partial charge >= 0.3 is 0 Å². The first kappa shape index (κ1) is 19.4. The molecule has 0 unspecified atom stereocenters. The van der Waals surface area contributed by atoms with Crippen LogP contribution in [-0.4, -0.2) is 33.4 Å². The van der Waals surface area contributed by atoms with E-state index in [1.165, 1.54) is 31.5 Å². The van der Waals surface area contributed by atoms with Gasteiger partial charge in [0.2, 0.25) is 0 Å². The zero-order valence-corrected chi connectivity index (χ0v) is 16.9. The number of carbonyl (C=O) groups excluding carboxylic acids is 1. The van der Waals surface area contributed by atoms with Crippen molar-refractivity contribution in [2.24, 2.45) is 5.92 Å². The van der Waals surface area contributed by atoms with E-state index < -0.39 is 0 Å². The number of nitrogens with zero attached hydrogens (tertiary/aromatic N) is 3. The first-order valence-corrected chi connectivity index (χ1v) is 10.3. The molecule has 1 amide bonds. The van der Waals surface area contributed by atoms with Crippen LogP contribution in [0.2, 0.25) is 0 Å². The Hall–Kier alpha value is -2.92. The molecule has 2 heterocycles. The van der Waals surface area contributed by atoms with Crippen molar-refractivity contribution in [1.29, 1.82) is 0 Å². The van der Waals surface area contributed by atoms with Gasteiger partial charge in [0.1, 0.15) is 0 Å². The Morgan fingerprint density at radius 2 is 2.00 bits per heavy atom. The minimum atomic E-state index is -0.0522. The van der Waals surface area contributed by atoms with Gasteiger partial charge in [-0.3, -0.25) is 9.69 Å². The van der Waals surface area contributed by atoms with Crippen molar-refractivity contribution < 1.29 is 4.79 Å². The lowest BCUT2D eigenvalue weighted by Crippen LogP contribution is -2.33. The molecule has 3 aromatic rings. The number of benzene rings is 2. The number of hydrogen-bond donors (Lipinski definition) is 1. The van der Waals surface area contributed by atoms with E-state index in [1.54, 1.807) is 12.5 Å². The van der Waals surface area contributed by atoms with Crippen LogP contribution in [0.3, 0.4) is 0 Å². The summed E-state index contributed by atoms with van der Waals surface area (Å²) in [6, 6.07) is 16.0. The second-order valence-corrected chi connectivity index (χ2v) is 7.96.